The molecule has 0 saturated carbocycles. The molecule has 1 atom stereocenters. The van der Waals surface area contributed by atoms with Gasteiger partial charge in [0.05, 0.1) is 6.26 Å². The number of tetrazole rings is 1. The molecule has 29 heavy (non-hydrogen) atoms. The van der Waals surface area contributed by atoms with Crippen LogP contribution in [0.4, 0.5) is 0 Å². The number of furan rings is 1. The van der Waals surface area contributed by atoms with Crippen molar-refractivity contribution in [2.75, 3.05) is 26.2 Å². The van der Waals surface area contributed by atoms with Crippen molar-refractivity contribution in [3.05, 3.63) is 65.9 Å². The smallest absolute Gasteiger partial charge is 0.209 e. The highest BCUT2D eigenvalue weighted by atomic mass is 16.3. The van der Waals surface area contributed by atoms with Gasteiger partial charge in [0.25, 0.3) is 0 Å². The van der Waals surface area contributed by atoms with Crippen LogP contribution in [0, 0.1) is 5.92 Å². The molecule has 1 aliphatic heterocycles. The largest absolute Gasteiger partial charge is 0.467 e. The topological polar surface area (TPSA) is 65.6 Å². The van der Waals surface area contributed by atoms with E-state index in [-0.39, 0.29) is 0 Å². The zero-order valence-electron chi connectivity index (χ0n) is 17.4. The number of quaternary nitrogens is 2. The molecule has 1 aliphatic rings. The minimum Gasteiger partial charge on any atom is -0.467 e. The van der Waals surface area contributed by atoms with Crippen LogP contribution in [0.2, 0.25) is 0 Å². The molecule has 4 rings (SSSR count). The van der Waals surface area contributed by atoms with Crippen LogP contribution in [-0.2, 0) is 13.1 Å². The van der Waals surface area contributed by atoms with Crippen LogP contribution < -0.4 is 9.80 Å². The molecule has 2 N–H and O–H groups in total. The van der Waals surface area contributed by atoms with E-state index in [2.05, 4.69) is 59.7 Å². The zero-order chi connectivity index (χ0) is 20.1. The second-order valence-corrected chi connectivity index (χ2v) is 8.53. The summed E-state index contributed by atoms with van der Waals surface area (Å²) in [5.74, 6) is 2.46. The lowest BCUT2D eigenvalue weighted by atomic mass is 10.0. The Morgan fingerprint density at radius 1 is 1.03 bits per heavy atom. The molecule has 0 amide bonds. The van der Waals surface area contributed by atoms with Crippen LogP contribution >= 0.6 is 0 Å². The molecule has 0 radical (unpaired) electrons. The lowest BCUT2D eigenvalue weighted by Gasteiger charge is -2.34. The predicted molar refractivity (Wildman–Crippen MR) is 109 cm³/mol. The van der Waals surface area contributed by atoms with Crippen LogP contribution in [0.15, 0.2) is 53.1 Å². The van der Waals surface area contributed by atoms with Crippen LogP contribution in [-0.4, -0.2) is 46.4 Å². The first kappa shape index (κ1) is 19.8. The Balaban J connectivity index is 1.44. The first-order chi connectivity index (χ1) is 14.2. The lowest BCUT2D eigenvalue weighted by Crippen LogP contribution is -3.27. The molecule has 7 nitrogen and oxygen atoms in total. The number of piperazine rings is 1. The van der Waals surface area contributed by atoms with Gasteiger partial charge >= 0.3 is 0 Å². The zero-order valence-corrected chi connectivity index (χ0v) is 17.4. The third-order valence-corrected chi connectivity index (χ3v) is 5.85. The number of hydrogen-bond acceptors (Lipinski definition) is 4. The Hall–Kier alpha value is -2.51. The number of nitrogens with one attached hydrogen (secondary N) is 2. The summed E-state index contributed by atoms with van der Waals surface area (Å²) in [6.45, 7) is 10.9. The molecule has 0 unspecified atom stereocenters. The van der Waals surface area contributed by atoms with E-state index in [0.717, 1.165) is 37.6 Å². The molecule has 1 saturated heterocycles. The van der Waals surface area contributed by atoms with Crippen molar-refractivity contribution in [3.63, 3.8) is 0 Å². The molecule has 1 fully saturated rings. The number of rotatable bonds is 8. The van der Waals surface area contributed by atoms with E-state index in [4.69, 9.17) is 4.42 Å². The SMILES string of the molecule is CC(C)C[C@@H](c1nnnn1Cc1ccco1)[NH+]1CC[NH+](Cc2ccccc2)CC1. The van der Waals surface area contributed by atoms with Gasteiger partial charge in [-0.05, 0) is 28.5 Å². The summed E-state index contributed by atoms with van der Waals surface area (Å²) in [5, 5.41) is 12.7. The number of nitrogens with zero attached hydrogens (tertiary/aromatic N) is 4. The van der Waals surface area contributed by atoms with Crippen molar-refractivity contribution >= 4 is 0 Å². The van der Waals surface area contributed by atoms with Crippen LogP contribution in [0.25, 0.3) is 0 Å². The van der Waals surface area contributed by atoms with E-state index in [1.807, 2.05) is 16.8 Å². The molecule has 0 bridgehead atoms. The minimum atomic E-state index is 0.318. The van der Waals surface area contributed by atoms with E-state index < -0.39 is 0 Å². The number of aromatic nitrogens is 4. The summed E-state index contributed by atoms with van der Waals surface area (Å²) < 4.78 is 7.43. The third-order valence-electron chi connectivity index (χ3n) is 5.85. The van der Waals surface area contributed by atoms with Crippen molar-refractivity contribution in [1.82, 2.24) is 20.2 Å². The summed E-state index contributed by atoms with van der Waals surface area (Å²) in [5.41, 5.74) is 1.42. The van der Waals surface area contributed by atoms with Crippen molar-refractivity contribution < 1.29 is 14.2 Å². The van der Waals surface area contributed by atoms with E-state index in [1.54, 1.807) is 16.1 Å². The molecule has 2 aromatic heterocycles. The third kappa shape index (κ3) is 5.10. The van der Waals surface area contributed by atoms with E-state index in [9.17, 15) is 0 Å². The van der Waals surface area contributed by atoms with Gasteiger partial charge in [0.2, 0.25) is 5.82 Å². The standard InChI is InChI=1S/C22H30N6O/c1-18(2)15-21(22-23-24-25-28(22)17-20-9-6-14-29-20)27-12-10-26(11-13-27)16-19-7-4-3-5-8-19/h3-9,14,18,21H,10-13,15-17H2,1-2H3/p+2/t21-/m0/s1. The fourth-order valence-corrected chi connectivity index (χ4v) is 4.38. The molecule has 154 valence electrons. The highest BCUT2D eigenvalue weighted by molar-refractivity contribution is 5.13. The Kier molecular flexibility index (Phi) is 6.36. The van der Waals surface area contributed by atoms with Gasteiger partial charge in [-0.1, -0.05) is 44.2 Å². The summed E-state index contributed by atoms with van der Waals surface area (Å²) in [6, 6.07) is 15.0. The molecule has 7 heteroatoms. The van der Waals surface area contributed by atoms with Gasteiger partial charge in [-0.3, -0.25) is 0 Å². The van der Waals surface area contributed by atoms with Gasteiger partial charge in [0.15, 0.2) is 6.04 Å². The second-order valence-electron chi connectivity index (χ2n) is 8.53. The van der Waals surface area contributed by atoms with Crippen LogP contribution in [0.1, 0.15) is 43.5 Å². The van der Waals surface area contributed by atoms with E-state index in [1.165, 1.54) is 18.7 Å². The first-order valence-corrected chi connectivity index (χ1v) is 10.7. The Labute approximate surface area is 172 Å². The fourth-order valence-electron chi connectivity index (χ4n) is 4.38. The molecule has 1 aromatic carbocycles. The number of hydrogen-bond donors (Lipinski definition) is 2. The molecule has 3 heterocycles. The monoisotopic (exact) mass is 396 g/mol. The summed E-state index contributed by atoms with van der Waals surface area (Å²) in [7, 11) is 0. The molecule has 3 aromatic rings. The van der Waals surface area contributed by atoms with Crippen LogP contribution in [0.3, 0.4) is 0 Å². The predicted octanol–water partition coefficient (Wildman–Crippen LogP) is 0.385. The molecule has 0 spiro atoms. The molecular formula is C22H32N6O+2. The highest BCUT2D eigenvalue weighted by Crippen LogP contribution is 2.17. The first-order valence-electron chi connectivity index (χ1n) is 10.7. The van der Waals surface area contributed by atoms with E-state index >= 15 is 0 Å². The summed E-state index contributed by atoms with van der Waals surface area (Å²) in [6.07, 6.45) is 2.78. The van der Waals surface area contributed by atoms with Gasteiger partial charge in [0, 0.05) is 12.0 Å². The average Bonchev–Trinajstić information content (AvgIpc) is 3.40. The maximum absolute atomic E-state index is 5.51. The quantitative estimate of drug-likeness (QED) is 0.578. The van der Waals surface area contributed by atoms with Gasteiger partial charge in [-0.2, -0.15) is 0 Å². The normalized spacial score (nSPS) is 20.8. The van der Waals surface area contributed by atoms with Gasteiger partial charge in [0.1, 0.15) is 45.0 Å². The van der Waals surface area contributed by atoms with Gasteiger partial charge in [-0.25, -0.2) is 4.68 Å². The fraction of sp³-hybridized carbons (Fsp3) is 0.500. The van der Waals surface area contributed by atoms with Gasteiger partial charge < -0.3 is 14.2 Å². The van der Waals surface area contributed by atoms with Crippen molar-refractivity contribution in [2.45, 2.75) is 39.4 Å². The van der Waals surface area contributed by atoms with Crippen molar-refractivity contribution in [3.8, 4) is 0 Å². The van der Waals surface area contributed by atoms with Gasteiger partial charge in [-0.15, -0.1) is 5.10 Å². The van der Waals surface area contributed by atoms with Crippen molar-refractivity contribution in [1.29, 1.82) is 0 Å². The maximum atomic E-state index is 5.51. The second kappa shape index (κ2) is 9.33. The van der Waals surface area contributed by atoms with Crippen LogP contribution in [0.5, 0.6) is 0 Å². The van der Waals surface area contributed by atoms with Crippen molar-refractivity contribution in [2.24, 2.45) is 5.92 Å². The van der Waals surface area contributed by atoms with E-state index in [0.29, 0.717) is 18.5 Å². The number of benzene rings is 1. The Morgan fingerprint density at radius 3 is 2.52 bits per heavy atom. The Bertz CT molecular complexity index is 853. The highest BCUT2D eigenvalue weighted by Gasteiger charge is 2.34. The Morgan fingerprint density at radius 2 is 1.83 bits per heavy atom. The molecule has 0 aliphatic carbocycles. The molecular weight excluding hydrogens is 364 g/mol. The lowest BCUT2D eigenvalue weighted by molar-refractivity contribution is -1.03. The minimum absolute atomic E-state index is 0.318. The summed E-state index contributed by atoms with van der Waals surface area (Å²) in [4.78, 5) is 3.27. The summed E-state index contributed by atoms with van der Waals surface area (Å²) >= 11 is 0. The average molecular weight is 397 g/mol. The maximum Gasteiger partial charge on any atom is 0.209 e.